The van der Waals surface area contributed by atoms with Gasteiger partial charge in [0.1, 0.15) is 0 Å². The molecule has 0 aliphatic rings. The maximum absolute atomic E-state index is 12.0. The van der Waals surface area contributed by atoms with Gasteiger partial charge in [0.15, 0.2) is 5.82 Å². The number of carbonyl (C=O) groups is 1. The predicted molar refractivity (Wildman–Crippen MR) is 88.3 cm³/mol. The van der Waals surface area contributed by atoms with Crippen molar-refractivity contribution in [2.24, 2.45) is 0 Å². The highest BCUT2D eigenvalue weighted by Crippen LogP contribution is 2.22. The van der Waals surface area contributed by atoms with Gasteiger partial charge in [0.2, 0.25) is 5.91 Å². The lowest BCUT2D eigenvalue weighted by molar-refractivity contribution is -0.117. The molecule has 112 valence electrons. The van der Waals surface area contributed by atoms with Gasteiger partial charge in [-0.3, -0.25) is 9.69 Å². The van der Waals surface area contributed by atoms with E-state index in [1.54, 1.807) is 17.4 Å². The number of halogens is 2. The Bertz CT molecular complexity index is 645. The van der Waals surface area contributed by atoms with Crippen LogP contribution >= 0.6 is 34.5 Å². The van der Waals surface area contributed by atoms with Gasteiger partial charge in [-0.25, -0.2) is 4.98 Å². The lowest BCUT2D eigenvalue weighted by atomic mass is 10.3. The molecule has 0 bridgehead atoms. The molecule has 0 atom stereocenters. The van der Waals surface area contributed by atoms with E-state index >= 15 is 0 Å². The highest BCUT2D eigenvalue weighted by molar-refractivity contribution is 7.10. The smallest absolute Gasteiger partial charge is 0.239 e. The number of pyridine rings is 1. The van der Waals surface area contributed by atoms with E-state index in [2.05, 4.69) is 28.7 Å². The Morgan fingerprint density at radius 2 is 2.24 bits per heavy atom. The third-order valence-electron chi connectivity index (χ3n) is 2.86. The van der Waals surface area contributed by atoms with Gasteiger partial charge in [-0.05, 0) is 37.0 Å². The van der Waals surface area contributed by atoms with Crippen LogP contribution in [0.3, 0.4) is 0 Å². The van der Waals surface area contributed by atoms with Crippen molar-refractivity contribution >= 4 is 46.3 Å². The molecule has 7 heteroatoms. The molecule has 1 N–H and O–H groups in total. The molecule has 0 aliphatic carbocycles. The number of rotatable bonds is 5. The summed E-state index contributed by atoms with van der Waals surface area (Å²) < 4.78 is 0. The number of aryl methyl sites for hydroxylation is 1. The molecule has 4 nitrogen and oxygen atoms in total. The first-order valence-electron chi connectivity index (χ1n) is 6.28. The van der Waals surface area contributed by atoms with Crippen LogP contribution < -0.4 is 5.32 Å². The van der Waals surface area contributed by atoms with Gasteiger partial charge in [-0.15, -0.1) is 11.3 Å². The Morgan fingerprint density at radius 1 is 1.48 bits per heavy atom. The van der Waals surface area contributed by atoms with Crippen LogP contribution in [0.25, 0.3) is 0 Å². The number of nitrogens with one attached hydrogen (secondary N) is 1. The monoisotopic (exact) mass is 343 g/mol. The summed E-state index contributed by atoms with van der Waals surface area (Å²) in [5.74, 6) is 0.162. The van der Waals surface area contributed by atoms with Crippen molar-refractivity contribution in [3.63, 3.8) is 0 Å². The number of amides is 1. The Kier molecular flexibility index (Phi) is 5.58. The number of hydrogen-bond acceptors (Lipinski definition) is 4. The molecule has 0 unspecified atom stereocenters. The second-order valence-corrected chi connectivity index (χ2v) is 6.58. The van der Waals surface area contributed by atoms with Crippen molar-refractivity contribution in [2.45, 2.75) is 13.5 Å². The fraction of sp³-hybridized carbons (Fsp3) is 0.286. The average Bonchev–Trinajstić information content (AvgIpc) is 2.78. The first-order chi connectivity index (χ1) is 9.95. The summed E-state index contributed by atoms with van der Waals surface area (Å²) in [6.45, 7) is 3.06. The van der Waals surface area contributed by atoms with Gasteiger partial charge in [0.05, 0.1) is 16.6 Å². The quantitative estimate of drug-likeness (QED) is 0.897. The molecule has 0 aromatic carbocycles. The van der Waals surface area contributed by atoms with Crippen molar-refractivity contribution in [2.75, 3.05) is 18.9 Å². The number of nitrogens with zero attached hydrogens (tertiary/aromatic N) is 2. The third-order valence-corrected chi connectivity index (χ3v) is 4.36. The molecule has 1 amide bonds. The van der Waals surface area contributed by atoms with Crippen LogP contribution in [0, 0.1) is 6.92 Å². The zero-order valence-corrected chi connectivity index (χ0v) is 14.0. The Hall–Kier alpha value is -1.14. The maximum atomic E-state index is 12.0. The van der Waals surface area contributed by atoms with Gasteiger partial charge in [0, 0.05) is 17.6 Å². The Morgan fingerprint density at radius 3 is 2.86 bits per heavy atom. The van der Waals surface area contributed by atoms with E-state index in [1.165, 1.54) is 16.6 Å². The molecule has 2 aromatic rings. The zero-order valence-electron chi connectivity index (χ0n) is 11.7. The van der Waals surface area contributed by atoms with E-state index in [4.69, 9.17) is 23.2 Å². The summed E-state index contributed by atoms with van der Waals surface area (Å²) in [4.78, 5) is 19.2. The van der Waals surface area contributed by atoms with Crippen LogP contribution in [0.15, 0.2) is 23.7 Å². The lowest BCUT2D eigenvalue weighted by Crippen LogP contribution is -2.30. The Labute approximate surface area is 137 Å². The highest BCUT2D eigenvalue weighted by Gasteiger charge is 2.12. The molecule has 0 saturated heterocycles. The highest BCUT2D eigenvalue weighted by atomic mass is 35.5. The van der Waals surface area contributed by atoms with Crippen molar-refractivity contribution < 1.29 is 4.79 Å². The minimum Gasteiger partial charge on any atom is -0.308 e. The summed E-state index contributed by atoms with van der Waals surface area (Å²) >= 11 is 13.4. The third kappa shape index (κ3) is 4.68. The predicted octanol–water partition coefficient (Wildman–Crippen LogP) is 3.83. The molecule has 2 rings (SSSR count). The van der Waals surface area contributed by atoms with E-state index in [9.17, 15) is 4.79 Å². The number of thiophene rings is 1. The first kappa shape index (κ1) is 16.2. The average molecular weight is 344 g/mol. The minimum atomic E-state index is -0.163. The lowest BCUT2D eigenvalue weighted by Gasteiger charge is -2.16. The van der Waals surface area contributed by atoms with E-state index in [0.29, 0.717) is 15.9 Å². The van der Waals surface area contributed by atoms with Crippen LogP contribution in [-0.4, -0.2) is 29.4 Å². The van der Waals surface area contributed by atoms with E-state index in [0.717, 1.165) is 6.54 Å². The molecule has 2 heterocycles. The number of likely N-dealkylation sites (N-methyl/N-ethyl adjacent to an activating group) is 1. The van der Waals surface area contributed by atoms with Crippen LogP contribution in [0.5, 0.6) is 0 Å². The maximum Gasteiger partial charge on any atom is 0.239 e. The van der Waals surface area contributed by atoms with Gasteiger partial charge < -0.3 is 5.32 Å². The standard InChI is InChI=1S/C14H15Cl2N3OS/c1-9-3-4-21-12(9)7-19(2)8-13(20)18-14-11(16)5-10(15)6-17-14/h3-6H,7-8H2,1-2H3,(H,17,18,20). The molecule has 21 heavy (non-hydrogen) atoms. The van der Waals surface area contributed by atoms with Crippen LogP contribution in [0.2, 0.25) is 10.0 Å². The van der Waals surface area contributed by atoms with E-state index < -0.39 is 0 Å². The molecular weight excluding hydrogens is 329 g/mol. The normalized spacial score (nSPS) is 10.9. The van der Waals surface area contributed by atoms with E-state index in [-0.39, 0.29) is 12.5 Å². The minimum absolute atomic E-state index is 0.163. The topological polar surface area (TPSA) is 45.2 Å². The second kappa shape index (κ2) is 7.22. The second-order valence-electron chi connectivity index (χ2n) is 4.73. The largest absolute Gasteiger partial charge is 0.308 e. The molecule has 0 radical (unpaired) electrons. The zero-order chi connectivity index (χ0) is 15.4. The molecular formula is C14H15Cl2N3OS. The SMILES string of the molecule is Cc1ccsc1CN(C)CC(=O)Nc1ncc(Cl)cc1Cl. The van der Waals surface area contributed by atoms with Gasteiger partial charge in [-0.2, -0.15) is 0 Å². The number of anilines is 1. The van der Waals surface area contributed by atoms with E-state index in [1.807, 2.05) is 11.9 Å². The number of carbonyl (C=O) groups excluding carboxylic acids is 1. The van der Waals surface area contributed by atoms with Crippen molar-refractivity contribution in [1.82, 2.24) is 9.88 Å². The summed E-state index contributed by atoms with van der Waals surface area (Å²) in [6, 6.07) is 3.62. The summed E-state index contributed by atoms with van der Waals surface area (Å²) in [6.07, 6.45) is 1.45. The van der Waals surface area contributed by atoms with Crippen LogP contribution in [-0.2, 0) is 11.3 Å². The molecule has 0 fully saturated rings. The van der Waals surface area contributed by atoms with Crippen LogP contribution in [0.4, 0.5) is 5.82 Å². The van der Waals surface area contributed by atoms with Crippen molar-refractivity contribution in [3.8, 4) is 0 Å². The molecule has 2 aromatic heterocycles. The number of aromatic nitrogens is 1. The fourth-order valence-corrected chi connectivity index (χ4v) is 3.20. The summed E-state index contributed by atoms with van der Waals surface area (Å²) in [7, 11) is 1.90. The molecule has 0 aliphatic heterocycles. The summed E-state index contributed by atoms with van der Waals surface area (Å²) in [5, 5.41) is 5.50. The molecule has 0 spiro atoms. The van der Waals surface area contributed by atoms with Crippen molar-refractivity contribution in [1.29, 1.82) is 0 Å². The summed E-state index contributed by atoms with van der Waals surface area (Å²) in [5.41, 5.74) is 1.25. The van der Waals surface area contributed by atoms with Gasteiger partial charge >= 0.3 is 0 Å². The molecule has 0 saturated carbocycles. The number of hydrogen-bond donors (Lipinski definition) is 1. The van der Waals surface area contributed by atoms with Gasteiger partial charge in [-0.1, -0.05) is 23.2 Å². The Balaban J connectivity index is 1.90. The van der Waals surface area contributed by atoms with Gasteiger partial charge in [0.25, 0.3) is 0 Å². The first-order valence-corrected chi connectivity index (χ1v) is 7.91. The van der Waals surface area contributed by atoms with Crippen molar-refractivity contribution in [3.05, 3.63) is 44.2 Å². The fourth-order valence-electron chi connectivity index (χ4n) is 1.79. The van der Waals surface area contributed by atoms with Crippen LogP contribution in [0.1, 0.15) is 10.4 Å².